The van der Waals surface area contributed by atoms with Crippen LogP contribution in [-0.4, -0.2) is 56.8 Å². The van der Waals surface area contributed by atoms with E-state index >= 15 is 0 Å². The van der Waals surface area contributed by atoms with Crippen molar-refractivity contribution in [1.29, 1.82) is 0 Å². The first-order chi connectivity index (χ1) is 7.53. The van der Waals surface area contributed by atoms with Gasteiger partial charge in [0.25, 0.3) is 0 Å². The van der Waals surface area contributed by atoms with Gasteiger partial charge in [0.1, 0.15) is 0 Å². The SMILES string of the molecule is C[Si](C)(C)CCOCC1CC=NN1CCO. The summed E-state index contributed by atoms with van der Waals surface area (Å²) in [5, 5.41) is 15.0. The van der Waals surface area contributed by atoms with Crippen molar-refractivity contribution in [3.63, 3.8) is 0 Å². The fourth-order valence-corrected chi connectivity index (χ4v) is 2.34. The molecule has 0 bridgehead atoms. The molecule has 0 aromatic heterocycles. The van der Waals surface area contributed by atoms with E-state index in [9.17, 15) is 0 Å². The minimum Gasteiger partial charge on any atom is -0.394 e. The van der Waals surface area contributed by atoms with Crippen LogP contribution in [0.25, 0.3) is 0 Å². The maximum absolute atomic E-state index is 8.87. The van der Waals surface area contributed by atoms with Gasteiger partial charge in [-0.15, -0.1) is 0 Å². The number of aliphatic hydroxyl groups is 1. The van der Waals surface area contributed by atoms with Gasteiger partial charge in [-0.05, 0) is 6.04 Å². The summed E-state index contributed by atoms with van der Waals surface area (Å²) in [5.74, 6) is 0. The Labute approximate surface area is 99.3 Å². The molecule has 1 N–H and O–H groups in total. The number of hydrazone groups is 1. The molecule has 1 rings (SSSR count). The van der Waals surface area contributed by atoms with E-state index in [0.29, 0.717) is 12.6 Å². The Morgan fingerprint density at radius 3 is 2.88 bits per heavy atom. The number of aliphatic hydroxyl groups excluding tert-OH is 1. The van der Waals surface area contributed by atoms with Gasteiger partial charge in [0.2, 0.25) is 0 Å². The lowest BCUT2D eigenvalue weighted by molar-refractivity contribution is 0.0690. The van der Waals surface area contributed by atoms with Crippen molar-refractivity contribution in [3.8, 4) is 0 Å². The first-order valence-electron chi connectivity index (χ1n) is 6.00. The second-order valence-electron chi connectivity index (χ2n) is 5.46. The van der Waals surface area contributed by atoms with Gasteiger partial charge in [0, 0.05) is 27.3 Å². The van der Waals surface area contributed by atoms with E-state index in [1.54, 1.807) is 0 Å². The summed E-state index contributed by atoms with van der Waals surface area (Å²) < 4.78 is 5.70. The Hall–Kier alpha value is -0.393. The van der Waals surface area contributed by atoms with E-state index in [2.05, 4.69) is 24.7 Å². The van der Waals surface area contributed by atoms with Crippen LogP contribution < -0.4 is 0 Å². The van der Waals surface area contributed by atoms with Crippen molar-refractivity contribution in [3.05, 3.63) is 0 Å². The smallest absolute Gasteiger partial charge is 0.0755 e. The Morgan fingerprint density at radius 2 is 2.25 bits per heavy atom. The van der Waals surface area contributed by atoms with Gasteiger partial charge in [0.15, 0.2) is 0 Å². The van der Waals surface area contributed by atoms with Crippen LogP contribution in [0.4, 0.5) is 0 Å². The molecule has 0 spiro atoms. The van der Waals surface area contributed by atoms with Crippen LogP contribution in [0, 0.1) is 0 Å². The molecule has 4 nitrogen and oxygen atoms in total. The molecule has 1 heterocycles. The molecule has 16 heavy (non-hydrogen) atoms. The topological polar surface area (TPSA) is 45.1 Å². The molecule has 0 amide bonds. The predicted octanol–water partition coefficient (Wildman–Crippen LogP) is 1.39. The van der Waals surface area contributed by atoms with E-state index in [1.165, 1.54) is 6.04 Å². The molecule has 1 aliphatic heterocycles. The molecule has 0 fully saturated rings. The minimum atomic E-state index is -0.976. The average Bonchev–Trinajstić information content (AvgIpc) is 2.60. The number of β-amino-alcohol motifs (C(OH)–C–C–N with tert-alkyl or cyclic N) is 1. The summed E-state index contributed by atoms with van der Waals surface area (Å²) in [6.07, 6.45) is 2.84. The van der Waals surface area contributed by atoms with Crippen LogP contribution >= 0.6 is 0 Å². The summed E-state index contributed by atoms with van der Waals surface area (Å²) in [6.45, 7) is 9.41. The molecule has 1 aliphatic rings. The van der Waals surface area contributed by atoms with Crippen LogP contribution in [0.5, 0.6) is 0 Å². The van der Waals surface area contributed by atoms with Crippen molar-refractivity contribution in [2.24, 2.45) is 5.10 Å². The zero-order valence-corrected chi connectivity index (χ0v) is 11.6. The van der Waals surface area contributed by atoms with E-state index in [1.807, 2.05) is 11.2 Å². The molecule has 94 valence electrons. The average molecular weight is 244 g/mol. The molecule has 0 saturated heterocycles. The second kappa shape index (κ2) is 6.37. The normalized spacial score (nSPS) is 20.8. The van der Waals surface area contributed by atoms with E-state index in [4.69, 9.17) is 9.84 Å². The Bertz CT molecular complexity index is 229. The Kier molecular flexibility index (Phi) is 5.44. The molecule has 0 aliphatic carbocycles. The Balaban J connectivity index is 2.13. The monoisotopic (exact) mass is 244 g/mol. The van der Waals surface area contributed by atoms with Crippen LogP contribution in [-0.2, 0) is 4.74 Å². The molecule has 1 atom stereocenters. The second-order valence-corrected chi connectivity index (χ2v) is 11.1. The van der Waals surface area contributed by atoms with Crippen LogP contribution in [0.3, 0.4) is 0 Å². The largest absolute Gasteiger partial charge is 0.394 e. The third kappa shape index (κ3) is 5.09. The van der Waals surface area contributed by atoms with Crippen molar-refractivity contribution < 1.29 is 9.84 Å². The molecule has 0 radical (unpaired) electrons. The summed E-state index contributed by atoms with van der Waals surface area (Å²) in [4.78, 5) is 0. The standard InChI is InChI=1S/C11H24N2O2Si/c1-16(2,3)9-8-15-10-11-4-5-12-13(11)6-7-14/h5,11,14H,4,6-10H2,1-3H3. The van der Waals surface area contributed by atoms with Crippen molar-refractivity contribution in [2.45, 2.75) is 38.1 Å². The summed E-state index contributed by atoms with van der Waals surface area (Å²) in [7, 11) is -0.976. The van der Waals surface area contributed by atoms with Crippen LogP contribution in [0.1, 0.15) is 6.42 Å². The molecule has 5 heteroatoms. The molecule has 0 saturated carbocycles. The number of ether oxygens (including phenoxy) is 1. The van der Waals surface area contributed by atoms with Crippen LogP contribution in [0.15, 0.2) is 5.10 Å². The molecular formula is C11H24N2O2Si. The third-order valence-electron chi connectivity index (χ3n) is 2.66. The third-order valence-corrected chi connectivity index (χ3v) is 4.37. The quantitative estimate of drug-likeness (QED) is 0.544. The minimum absolute atomic E-state index is 0.156. The molecule has 0 aromatic carbocycles. The highest BCUT2D eigenvalue weighted by Crippen LogP contribution is 2.12. The number of hydrogen-bond acceptors (Lipinski definition) is 4. The van der Waals surface area contributed by atoms with Gasteiger partial charge < -0.3 is 9.84 Å². The van der Waals surface area contributed by atoms with Gasteiger partial charge in [-0.25, -0.2) is 0 Å². The zero-order valence-electron chi connectivity index (χ0n) is 10.6. The van der Waals surface area contributed by atoms with Gasteiger partial charge in [0.05, 0.1) is 25.8 Å². The maximum atomic E-state index is 8.87. The lowest BCUT2D eigenvalue weighted by Crippen LogP contribution is -2.33. The summed E-state index contributed by atoms with van der Waals surface area (Å²) >= 11 is 0. The lowest BCUT2D eigenvalue weighted by Gasteiger charge is -2.23. The fraction of sp³-hybridized carbons (Fsp3) is 0.909. The highest BCUT2D eigenvalue weighted by molar-refractivity contribution is 6.76. The zero-order chi connectivity index (χ0) is 12.0. The molecular weight excluding hydrogens is 220 g/mol. The first kappa shape index (κ1) is 13.7. The van der Waals surface area contributed by atoms with E-state index in [-0.39, 0.29) is 6.61 Å². The van der Waals surface area contributed by atoms with Crippen molar-refractivity contribution in [2.75, 3.05) is 26.4 Å². The van der Waals surface area contributed by atoms with Gasteiger partial charge in [-0.2, -0.15) is 5.10 Å². The number of hydrogen-bond donors (Lipinski definition) is 1. The van der Waals surface area contributed by atoms with Gasteiger partial charge >= 0.3 is 0 Å². The highest BCUT2D eigenvalue weighted by Gasteiger charge is 2.20. The van der Waals surface area contributed by atoms with E-state index < -0.39 is 8.07 Å². The summed E-state index contributed by atoms with van der Waals surface area (Å²) in [6, 6.07) is 1.54. The first-order valence-corrected chi connectivity index (χ1v) is 9.71. The lowest BCUT2D eigenvalue weighted by atomic mass is 10.2. The predicted molar refractivity (Wildman–Crippen MR) is 69.7 cm³/mol. The van der Waals surface area contributed by atoms with Gasteiger partial charge in [-0.1, -0.05) is 19.6 Å². The van der Waals surface area contributed by atoms with Crippen molar-refractivity contribution in [1.82, 2.24) is 5.01 Å². The highest BCUT2D eigenvalue weighted by atomic mass is 28.3. The molecule has 1 unspecified atom stereocenters. The number of rotatable bonds is 7. The van der Waals surface area contributed by atoms with E-state index in [0.717, 1.165) is 19.6 Å². The maximum Gasteiger partial charge on any atom is 0.0755 e. The Morgan fingerprint density at radius 1 is 1.50 bits per heavy atom. The molecule has 0 aromatic rings. The fourth-order valence-electron chi connectivity index (χ4n) is 1.58. The van der Waals surface area contributed by atoms with Gasteiger partial charge in [-0.3, -0.25) is 5.01 Å². The van der Waals surface area contributed by atoms with Crippen molar-refractivity contribution >= 4 is 14.3 Å². The summed E-state index contributed by atoms with van der Waals surface area (Å²) in [5.41, 5.74) is 0. The van der Waals surface area contributed by atoms with Crippen LogP contribution in [0.2, 0.25) is 25.7 Å². The number of nitrogens with zero attached hydrogens (tertiary/aromatic N) is 2.